The lowest BCUT2D eigenvalue weighted by Crippen LogP contribution is -2.46. The van der Waals surface area contributed by atoms with Crippen molar-refractivity contribution in [1.29, 1.82) is 0 Å². The van der Waals surface area contributed by atoms with E-state index >= 15 is 0 Å². The molecule has 2 heterocycles. The number of rotatable bonds is 4. The van der Waals surface area contributed by atoms with Crippen LogP contribution in [0.25, 0.3) is 0 Å². The van der Waals surface area contributed by atoms with Crippen molar-refractivity contribution in [2.24, 2.45) is 0 Å². The lowest BCUT2D eigenvalue weighted by Gasteiger charge is -2.35. The first-order valence-electron chi connectivity index (χ1n) is 6.48. The van der Waals surface area contributed by atoms with Gasteiger partial charge >= 0.3 is 0 Å². The highest BCUT2D eigenvalue weighted by Gasteiger charge is 2.20. The first-order chi connectivity index (χ1) is 8.76. The van der Waals surface area contributed by atoms with Crippen molar-refractivity contribution in [3.63, 3.8) is 0 Å². The molecule has 1 aromatic heterocycles. The van der Waals surface area contributed by atoms with Crippen molar-refractivity contribution < 1.29 is 0 Å². The maximum atomic E-state index is 4.41. The molecule has 0 radical (unpaired) electrons. The molecule has 0 bridgehead atoms. The molecule has 1 saturated heterocycles. The lowest BCUT2D eigenvalue weighted by molar-refractivity contribution is 0.270. The molecule has 1 aromatic rings. The summed E-state index contributed by atoms with van der Waals surface area (Å²) in [6.45, 7) is 10.5. The summed E-state index contributed by atoms with van der Waals surface area (Å²) in [5.41, 5.74) is 0. The second-order valence-corrected chi connectivity index (χ2v) is 5.10. The largest absolute Gasteiger partial charge is 0.369 e. The van der Waals surface area contributed by atoms with Gasteiger partial charge in [0.15, 0.2) is 0 Å². The molecule has 5 nitrogen and oxygen atoms in total. The SMILES string of the molecule is CCNc1ncnc(N2CCN(CC)CC2)c1Br. The molecular formula is C12H20BrN5. The third-order valence-corrected chi connectivity index (χ3v) is 3.96. The summed E-state index contributed by atoms with van der Waals surface area (Å²) >= 11 is 3.61. The van der Waals surface area contributed by atoms with Crippen LogP contribution in [0, 0.1) is 0 Å². The second kappa shape index (κ2) is 6.33. The minimum atomic E-state index is 0.860. The van der Waals surface area contributed by atoms with Crippen molar-refractivity contribution in [2.45, 2.75) is 13.8 Å². The Hall–Kier alpha value is -0.880. The highest BCUT2D eigenvalue weighted by atomic mass is 79.9. The van der Waals surface area contributed by atoms with Gasteiger partial charge in [-0.2, -0.15) is 0 Å². The summed E-state index contributed by atoms with van der Waals surface area (Å²) in [6, 6.07) is 0. The summed E-state index contributed by atoms with van der Waals surface area (Å²) in [7, 11) is 0. The van der Waals surface area contributed by atoms with Crippen molar-refractivity contribution in [2.75, 3.05) is 49.5 Å². The molecule has 1 N–H and O–H groups in total. The van der Waals surface area contributed by atoms with Crippen LogP contribution >= 0.6 is 15.9 Å². The Morgan fingerprint density at radius 3 is 2.56 bits per heavy atom. The molecule has 18 heavy (non-hydrogen) atoms. The summed E-state index contributed by atoms with van der Waals surface area (Å²) in [5.74, 6) is 1.87. The zero-order chi connectivity index (χ0) is 13.0. The summed E-state index contributed by atoms with van der Waals surface area (Å²) in [5, 5.41) is 3.24. The molecule has 0 aliphatic carbocycles. The normalized spacial score (nSPS) is 16.9. The molecule has 2 rings (SSSR count). The molecule has 0 atom stereocenters. The van der Waals surface area contributed by atoms with Crippen LogP contribution in [0.5, 0.6) is 0 Å². The Bertz CT molecular complexity index is 390. The third-order valence-electron chi connectivity index (χ3n) is 3.23. The third kappa shape index (κ3) is 2.92. The molecule has 0 saturated carbocycles. The molecule has 6 heteroatoms. The number of halogens is 1. The number of piperazine rings is 1. The number of anilines is 2. The molecule has 0 amide bonds. The molecule has 0 aromatic carbocycles. The molecule has 0 unspecified atom stereocenters. The average Bonchev–Trinajstić information content (AvgIpc) is 2.42. The van der Waals surface area contributed by atoms with Crippen LogP contribution in [0.4, 0.5) is 11.6 Å². The van der Waals surface area contributed by atoms with Gasteiger partial charge in [-0.1, -0.05) is 6.92 Å². The highest BCUT2D eigenvalue weighted by Crippen LogP contribution is 2.29. The Kier molecular flexibility index (Phi) is 4.77. The molecule has 1 aliphatic heterocycles. The van der Waals surface area contributed by atoms with E-state index in [1.165, 1.54) is 0 Å². The Labute approximate surface area is 117 Å². The predicted octanol–water partition coefficient (Wildman–Crippen LogP) is 1.81. The van der Waals surface area contributed by atoms with E-state index in [0.717, 1.165) is 55.4 Å². The minimum absolute atomic E-state index is 0.860. The second-order valence-electron chi connectivity index (χ2n) is 4.31. The molecule has 100 valence electrons. The number of nitrogens with zero attached hydrogens (tertiary/aromatic N) is 4. The van der Waals surface area contributed by atoms with E-state index in [2.05, 4.69) is 54.9 Å². The predicted molar refractivity (Wildman–Crippen MR) is 78.2 cm³/mol. The fourth-order valence-electron chi connectivity index (χ4n) is 2.15. The van der Waals surface area contributed by atoms with Crippen LogP contribution in [0.3, 0.4) is 0 Å². The van der Waals surface area contributed by atoms with E-state index in [4.69, 9.17) is 0 Å². The van der Waals surface area contributed by atoms with Gasteiger partial charge in [0.25, 0.3) is 0 Å². The number of aromatic nitrogens is 2. The minimum Gasteiger partial charge on any atom is -0.369 e. The maximum absolute atomic E-state index is 4.41. The number of hydrogen-bond donors (Lipinski definition) is 1. The van der Waals surface area contributed by atoms with Crippen molar-refractivity contribution >= 4 is 27.6 Å². The lowest BCUT2D eigenvalue weighted by atomic mass is 10.3. The van der Waals surface area contributed by atoms with E-state index < -0.39 is 0 Å². The zero-order valence-electron chi connectivity index (χ0n) is 11.0. The van der Waals surface area contributed by atoms with Crippen molar-refractivity contribution in [1.82, 2.24) is 14.9 Å². The standard InChI is InChI=1S/C12H20BrN5/c1-3-14-11-10(13)12(16-9-15-11)18-7-5-17(4-2)6-8-18/h9H,3-8H2,1-2H3,(H,14,15,16). The maximum Gasteiger partial charge on any atom is 0.148 e. The van der Waals surface area contributed by atoms with Gasteiger partial charge in [0.1, 0.15) is 22.4 Å². The van der Waals surface area contributed by atoms with Crippen molar-refractivity contribution in [3.05, 3.63) is 10.8 Å². The van der Waals surface area contributed by atoms with E-state index in [-0.39, 0.29) is 0 Å². The molecule has 0 spiro atoms. The van der Waals surface area contributed by atoms with E-state index in [0.29, 0.717) is 0 Å². The van der Waals surface area contributed by atoms with Crippen LogP contribution in [-0.2, 0) is 0 Å². The first-order valence-corrected chi connectivity index (χ1v) is 7.27. The topological polar surface area (TPSA) is 44.3 Å². The first kappa shape index (κ1) is 13.5. The van der Waals surface area contributed by atoms with Gasteiger partial charge < -0.3 is 15.1 Å². The number of hydrogen-bond acceptors (Lipinski definition) is 5. The van der Waals surface area contributed by atoms with Crippen LogP contribution in [0.2, 0.25) is 0 Å². The van der Waals surface area contributed by atoms with Gasteiger partial charge in [-0.05, 0) is 29.4 Å². The number of likely N-dealkylation sites (N-methyl/N-ethyl adjacent to an activating group) is 1. The van der Waals surface area contributed by atoms with E-state index in [9.17, 15) is 0 Å². The fraction of sp³-hybridized carbons (Fsp3) is 0.667. The summed E-state index contributed by atoms with van der Waals surface area (Å²) in [6.07, 6.45) is 1.63. The monoisotopic (exact) mass is 313 g/mol. The van der Waals surface area contributed by atoms with Gasteiger partial charge in [-0.3, -0.25) is 0 Å². The van der Waals surface area contributed by atoms with Gasteiger partial charge in [-0.15, -0.1) is 0 Å². The number of nitrogens with one attached hydrogen (secondary N) is 1. The van der Waals surface area contributed by atoms with Gasteiger partial charge in [0, 0.05) is 32.7 Å². The van der Waals surface area contributed by atoms with Crippen LogP contribution in [0.1, 0.15) is 13.8 Å². The fourth-order valence-corrected chi connectivity index (χ4v) is 2.74. The van der Waals surface area contributed by atoms with Crippen LogP contribution in [0.15, 0.2) is 10.8 Å². The summed E-state index contributed by atoms with van der Waals surface area (Å²) < 4.78 is 0.969. The van der Waals surface area contributed by atoms with Crippen molar-refractivity contribution in [3.8, 4) is 0 Å². The highest BCUT2D eigenvalue weighted by molar-refractivity contribution is 9.10. The van der Waals surface area contributed by atoms with Gasteiger partial charge in [0.2, 0.25) is 0 Å². The smallest absolute Gasteiger partial charge is 0.148 e. The van der Waals surface area contributed by atoms with Crippen LogP contribution < -0.4 is 10.2 Å². The Morgan fingerprint density at radius 2 is 1.94 bits per heavy atom. The van der Waals surface area contributed by atoms with E-state index in [1.54, 1.807) is 6.33 Å². The van der Waals surface area contributed by atoms with Gasteiger partial charge in [0.05, 0.1) is 0 Å². The average molecular weight is 314 g/mol. The summed E-state index contributed by atoms with van der Waals surface area (Å²) in [4.78, 5) is 13.4. The quantitative estimate of drug-likeness (QED) is 0.918. The van der Waals surface area contributed by atoms with Crippen LogP contribution in [-0.4, -0.2) is 54.1 Å². The Balaban J connectivity index is 2.11. The molecule has 1 fully saturated rings. The molecular weight excluding hydrogens is 294 g/mol. The molecule has 1 aliphatic rings. The Morgan fingerprint density at radius 1 is 1.22 bits per heavy atom. The zero-order valence-corrected chi connectivity index (χ0v) is 12.6. The van der Waals surface area contributed by atoms with E-state index in [1.807, 2.05) is 0 Å². The van der Waals surface area contributed by atoms with Gasteiger partial charge in [-0.25, -0.2) is 9.97 Å².